The molecule has 0 amide bonds. The van der Waals surface area contributed by atoms with Gasteiger partial charge in [-0.05, 0) is 81.0 Å². The average Bonchev–Trinajstić information content (AvgIpc) is 3.48. The number of esters is 1. The molecule has 36 heavy (non-hydrogen) atoms. The Balaban J connectivity index is 1.29. The fourth-order valence-corrected chi connectivity index (χ4v) is 10.2. The van der Waals surface area contributed by atoms with Crippen molar-refractivity contribution in [3.63, 3.8) is 0 Å². The number of hydrogen-bond acceptors (Lipinski definition) is 7. The second-order valence-electron chi connectivity index (χ2n) is 13.1. The number of cyclic esters (lactones) is 1. The van der Waals surface area contributed by atoms with Crippen molar-refractivity contribution in [2.45, 2.75) is 103 Å². The van der Waals surface area contributed by atoms with Gasteiger partial charge >= 0.3 is 5.97 Å². The van der Waals surface area contributed by atoms with E-state index in [1.54, 1.807) is 0 Å². The molecule has 2 aliphatic heterocycles. The van der Waals surface area contributed by atoms with Crippen molar-refractivity contribution >= 4 is 11.8 Å². The number of Topliss-reactive ketones (excluding diaryl/α,β-unsaturated/α-hetero) is 1. The van der Waals surface area contributed by atoms with Gasteiger partial charge in [-0.3, -0.25) is 4.79 Å². The molecule has 5 fully saturated rings. The number of hydrogen-bond donors (Lipinski definition) is 2. The summed E-state index contributed by atoms with van der Waals surface area (Å²) in [7, 11) is 1.53. The molecule has 6 rings (SSSR count). The number of methoxy groups -OCH3 is 1. The molecule has 0 aromatic rings. The smallest absolute Gasteiger partial charge is 0.333 e. The second kappa shape index (κ2) is 8.11. The molecule has 2 heterocycles. The first-order valence-electron chi connectivity index (χ1n) is 14.0. The molecule has 200 valence electrons. The number of ether oxygens (including phenoxy) is 3. The SMILES string of the molecule is CO[C@H]1CC(=O)[C@]2(CO)[C@H]3CC[C@]4(C)[C@@H]([C@H](C)[C@H]5CC(C)=C(C)C(=O)O5)CC[C@H]4[C@@H]3C[C@H]3O[C@]32[C@H]1O. The quantitative estimate of drug-likeness (QED) is 0.449. The predicted octanol–water partition coefficient (Wildman–Crippen LogP) is 3.20. The van der Waals surface area contributed by atoms with E-state index in [2.05, 4.69) is 13.8 Å². The summed E-state index contributed by atoms with van der Waals surface area (Å²) >= 11 is 0. The summed E-state index contributed by atoms with van der Waals surface area (Å²) in [5, 5.41) is 22.1. The molecule has 0 aromatic carbocycles. The summed E-state index contributed by atoms with van der Waals surface area (Å²) < 4.78 is 17.7. The number of rotatable bonds is 4. The average molecular weight is 503 g/mol. The number of epoxide rings is 1. The van der Waals surface area contributed by atoms with Gasteiger partial charge in [-0.2, -0.15) is 0 Å². The van der Waals surface area contributed by atoms with Gasteiger partial charge in [-0.15, -0.1) is 0 Å². The first-order valence-corrected chi connectivity index (χ1v) is 14.0. The zero-order valence-electron chi connectivity index (χ0n) is 22.3. The van der Waals surface area contributed by atoms with Gasteiger partial charge in [0.2, 0.25) is 0 Å². The molecule has 2 N–H and O–H groups in total. The lowest BCUT2D eigenvalue weighted by molar-refractivity contribution is -0.195. The maximum Gasteiger partial charge on any atom is 0.333 e. The Bertz CT molecular complexity index is 1010. The molecule has 1 saturated heterocycles. The van der Waals surface area contributed by atoms with Crippen LogP contribution in [0.25, 0.3) is 0 Å². The van der Waals surface area contributed by atoms with Crippen molar-refractivity contribution in [1.82, 2.24) is 0 Å². The van der Waals surface area contributed by atoms with Crippen LogP contribution in [0, 0.1) is 40.4 Å². The van der Waals surface area contributed by atoms with Crippen LogP contribution in [0.3, 0.4) is 0 Å². The van der Waals surface area contributed by atoms with E-state index >= 15 is 0 Å². The van der Waals surface area contributed by atoms with E-state index < -0.39 is 23.2 Å². The first-order chi connectivity index (χ1) is 17.1. The number of ketones is 1. The highest BCUT2D eigenvalue weighted by atomic mass is 16.6. The molecule has 6 aliphatic rings. The number of fused-ring (bicyclic) bond motifs is 4. The van der Waals surface area contributed by atoms with Gasteiger partial charge in [0, 0.05) is 25.5 Å². The summed E-state index contributed by atoms with van der Waals surface area (Å²) in [5.74, 6) is 1.23. The first kappa shape index (κ1) is 25.0. The Morgan fingerprint density at radius 1 is 1.14 bits per heavy atom. The predicted molar refractivity (Wildman–Crippen MR) is 131 cm³/mol. The van der Waals surface area contributed by atoms with Crippen LogP contribution in [0.1, 0.15) is 72.6 Å². The van der Waals surface area contributed by atoms with Gasteiger partial charge in [0.1, 0.15) is 23.6 Å². The number of aliphatic hydroxyl groups is 2. The van der Waals surface area contributed by atoms with Crippen LogP contribution in [-0.2, 0) is 23.8 Å². The highest BCUT2D eigenvalue weighted by molar-refractivity contribution is 5.90. The minimum Gasteiger partial charge on any atom is -0.458 e. The monoisotopic (exact) mass is 502 g/mol. The Hall–Kier alpha value is -1.28. The lowest BCUT2D eigenvalue weighted by atomic mass is 9.43. The van der Waals surface area contributed by atoms with Gasteiger partial charge in [0.25, 0.3) is 0 Å². The molecule has 0 unspecified atom stereocenters. The van der Waals surface area contributed by atoms with Gasteiger partial charge in [-0.25, -0.2) is 4.79 Å². The van der Waals surface area contributed by atoms with Gasteiger partial charge in [0.05, 0.1) is 24.2 Å². The number of carbonyl (C=O) groups is 2. The third kappa shape index (κ3) is 2.89. The maximum atomic E-state index is 13.7. The Labute approximate surface area is 213 Å². The zero-order valence-corrected chi connectivity index (χ0v) is 22.3. The van der Waals surface area contributed by atoms with Gasteiger partial charge < -0.3 is 24.4 Å². The fourth-order valence-electron chi connectivity index (χ4n) is 10.2. The third-order valence-corrected chi connectivity index (χ3v) is 12.2. The van der Waals surface area contributed by atoms with E-state index in [9.17, 15) is 19.8 Å². The van der Waals surface area contributed by atoms with E-state index in [1.165, 1.54) is 7.11 Å². The van der Waals surface area contributed by atoms with Crippen molar-refractivity contribution in [2.75, 3.05) is 13.7 Å². The molecule has 12 atom stereocenters. The molecular weight excluding hydrogens is 460 g/mol. The summed E-state index contributed by atoms with van der Waals surface area (Å²) in [6.45, 7) is 8.30. The van der Waals surface area contributed by atoms with Crippen LogP contribution in [0.5, 0.6) is 0 Å². The highest BCUT2D eigenvalue weighted by Crippen LogP contribution is 2.73. The summed E-state index contributed by atoms with van der Waals surface area (Å²) in [4.78, 5) is 26.2. The summed E-state index contributed by atoms with van der Waals surface area (Å²) in [5.41, 5.74) is -0.0776. The van der Waals surface area contributed by atoms with Crippen molar-refractivity contribution in [3.8, 4) is 0 Å². The minimum atomic E-state index is -1.04. The number of carbonyl (C=O) groups excluding carboxylic acids is 2. The Morgan fingerprint density at radius 3 is 2.56 bits per heavy atom. The topological polar surface area (TPSA) is 106 Å². The molecule has 4 aliphatic carbocycles. The second-order valence-corrected chi connectivity index (χ2v) is 13.1. The summed E-state index contributed by atoms with van der Waals surface area (Å²) in [6.07, 6.45) is 3.97. The Kier molecular flexibility index (Phi) is 5.64. The van der Waals surface area contributed by atoms with Crippen LogP contribution in [0.2, 0.25) is 0 Å². The molecular formula is C29H42O7. The van der Waals surface area contributed by atoms with Crippen LogP contribution >= 0.6 is 0 Å². The van der Waals surface area contributed by atoms with Crippen molar-refractivity contribution in [2.24, 2.45) is 40.4 Å². The molecule has 0 radical (unpaired) electrons. The minimum absolute atomic E-state index is 0.00221. The van der Waals surface area contributed by atoms with Crippen molar-refractivity contribution in [1.29, 1.82) is 0 Å². The molecule has 7 nitrogen and oxygen atoms in total. The van der Waals surface area contributed by atoms with Crippen LogP contribution in [-0.4, -0.2) is 65.7 Å². The standard InChI is InChI=1S/C29H42O7/c1-14-10-21(35-26(33)15(14)2)16(3)18-6-7-19-17-11-24-29(36-24)25(32)22(34-5)12-23(31)28(29,13-30)20(17)8-9-27(18,19)4/h16-22,24-25,30,32H,6-13H2,1-5H3/t16-,17-,18+,19-,20-,21+,22-,24+,25-,27+,28-,29-/m0/s1. The van der Waals surface area contributed by atoms with Crippen LogP contribution < -0.4 is 0 Å². The number of aliphatic hydroxyl groups excluding tert-OH is 2. The molecule has 4 saturated carbocycles. The van der Waals surface area contributed by atoms with Gasteiger partial charge in [0.15, 0.2) is 0 Å². The Morgan fingerprint density at radius 2 is 1.89 bits per heavy atom. The van der Waals surface area contributed by atoms with Crippen molar-refractivity contribution in [3.05, 3.63) is 11.1 Å². The highest BCUT2D eigenvalue weighted by Gasteiger charge is 2.83. The molecule has 7 heteroatoms. The zero-order chi connectivity index (χ0) is 25.8. The van der Waals surface area contributed by atoms with E-state index in [4.69, 9.17) is 14.2 Å². The van der Waals surface area contributed by atoms with E-state index in [0.717, 1.165) is 49.7 Å². The lowest BCUT2D eigenvalue weighted by Gasteiger charge is -2.60. The summed E-state index contributed by atoms with van der Waals surface area (Å²) in [6, 6.07) is 0. The van der Waals surface area contributed by atoms with Crippen molar-refractivity contribution < 1.29 is 34.0 Å². The van der Waals surface area contributed by atoms with Gasteiger partial charge in [-0.1, -0.05) is 19.4 Å². The normalized spacial score (nSPS) is 52.6. The largest absolute Gasteiger partial charge is 0.458 e. The van der Waals surface area contributed by atoms with Crippen LogP contribution in [0.15, 0.2) is 11.1 Å². The van der Waals surface area contributed by atoms with E-state index in [0.29, 0.717) is 11.8 Å². The van der Waals surface area contributed by atoms with E-state index in [1.807, 2.05) is 13.8 Å². The molecule has 0 aromatic heterocycles. The molecule has 0 bridgehead atoms. The maximum absolute atomic E-state index is 13.7. The van der Waals surface area contributed by atoms with E-state index in [-0.39, 0.29) is 60.2 Å². The lowest BCUT2D eigenvalue weighted by Crippen LogP contribution is -2.70. The molecule has 1 spiro atoms. The van der Waals surface area contributed by atoms with Crippen LogP contribution in [0.4, 0.5) is 0 Å². The third-order valence-electron chi connectivity index (χ3n) is 12.2. The fraction of sp³-hybridized carbons (Fsp3) is 0.862.